The third-order valence-electron chi connectivity index (χ3n) is 5.65. The van der Waals surface area contributed by atoms with E-state index in [2.05, 4.69) is 31.0 Å². The normalized spacial score (nSPS) is 15.2. The van der Waals surface area contributed by atoms with Gasteiger partial charge in [0.1, 0.15) is 5.69 Å². The van der Waals surface area contributed by atoms with Gasteiger partial charge in [0, 0.05) is 30.5 Å². The molecule has 3 amide bonds. The summed E-state index contributed by atoms with van der Waals surface area (Å²) in [4.78, 5) is 39.5. The maximum Gasteiger partial charge on any atom is 0.271 e. The summed E-state index contributed by atoms with van der Waals surface area (Å²) >= 11 is 12.2. The summed E-state index contributed by atoms with van der Waals surface area (Å²) in [5, 5.41) is 15.4. The Hall–Kier alpha value is -3.82. The molecule has 4 N–H and O–H groups in total. The van der Waals surface area contributed by atoms with Crippen LogP contribution in [0, 0.1) is 0 Å². The van der Waals surface area contributed by atoms with Crippen LogP contribution in [0.5, 0.6) is 0 Å². The Morgan fingerprint density at radius 3 is 2.47 bits per heavy atom. The first kappa shape index (κ1) is 25.3. The largest absolute Gasteiger partial charge is 0.369 e. The van der Waals surface area contributed by atoms with E-state index in [0.717, 1.165) is 18.7 Å². The summed E-state index contributed by atoms with van der Waals surface area (Å²) in [5.74, 6) is -1.11. The fourth-order valence-corrected chi connectivity index (χ4v) is 4.48. The Kier molecular flexibility index (Phi) is 7.92. The zero-order chi connectivity index (χ0) is 25.7. The molecule has 4 rings (SSSR count). The number of nitrogens with one attached hydrogen (secondary N) is 4. The maximum atomic E-state index is 12.9. The van der Waals surface area contributed by atoms with Crippen LogP contribution in [-0.2, 0) is 4.79 Å². The maximum absolute atomic E-state index is 12.9. The highest BCUT2D eigenvalue weighted by atomic mass is 35.5. The zero-order valence-corrected chi connectivity index (χ0v) is 20.9. The fraction of sp³-hybridized carbons (Fsp3) is 0.200. The highest BCUT2D eigenvalue weighted by Gasteiger charge is 2.27. The molecule has 1 aliphatic rings. The molecule has 9 nitrogen and oxygen atoms in total. The molecule has 0 unspecified atom stereocenters. The Morgan fingerprint density at radius 1 is 1.06 bits per heavy atom. The Bertz CT molecular complexity index is 1290. The van der Waals surface area contributed by atoms with E-state index in [1.807, 2.05) is 24.3 Å². The summed E-state index contributed by atoms with van der Waals surface area (Å²) in [5.41, 5.74) is 2.16. The number of amides is 3. The minimum atomic E-state index is -0.543. The van der Waals surface area contributed by atoms with Gasteiger partial charge in [-0.3, -0.25) is 19.5 Å². The SMILES string of the molecule is CC=CC(=O)Nc1ccc(N2CC[C@@H](NC(=O)c3[nH]ncc3NC(=O)c3c(Cl)cccc3Cl)C2)cc1. The predicted molar refractivity (Wildman–Crippen MR) is 141 cm³/mol. The van der Waals surface area contributed by atoms with Crippen LogP contribution in [0.2, 0.25) is 10.0 Å². The number of allylic oxidation sites excluding steroid dienone is 1. The van der Waals surface area contributed by atoms with E-state index < -0.39 is 5.91 Å². The van der Waals surface area contributed by atoms with Crippen LogP contribution >= 0.6 is 23.2 Å². The molecule has 11 heteroatoms. The number of aromatic amines is 1. The van der Waals surface area contributed by atoms with E-state index >= 15 is 0 Å². The van der Waals surface area contributed by atoms with Crippen molar-refractivity contribution in [3.63, 3.8) is 0 Å². The summed E-state index contributed by atoms with van der Waals surface area (Å²) in [6.07, 6.45) is 5.24. The van der Waals surface area contributed by atoms with Crippen molar-refractivity contribution < 1.29 is 14.4 Å². The van der Waals surface area contributed by atoms with Gasteiger partial charge in [0.15, 0.2) is 0 Å². The van der Waals surface area contributed by atoms with Crippen molar-refractivity contribution in [3.8, 4) is 0 Å². The van der Waals surface area contributed by atoms with Gasteiger partial charge in [-0.1, -0.05) is 35.3 Å². The predicted octanol–water partition coefficient (Wildman–Crippen LogP) is 4.49. The molecule has 1 aromatic heterocycles. The number of carbonyl (C=O) groups is 3. The number of halogens is 2. The van der Waals surface area contributed by atoms with Crippen molar-refractivity contribution >= 4 is 58.0 Å². The molecule has 1 saturated heterocycles. The van der Waals surface area contributed by atoms with Crippen LogP contribution in [0.15, 0.2) is 60.8 Å². The van der Waals surface area contributed by atoms with Gasteiger partial charge in [-0.2, -0.15) is 5.10 Å². The summed E-state index contributed by atoms with van der Waals surface area (Å²) in [6.45, 7) is 3.15. The first-order chi connectivity index (χ1) is 17.4. The van der Waals surface area contributed by atoms with Crippen LogP contribution in [0.1, 0.15) is 34.2 Å². The molecule has 186 valence electrons. The topological polar surface area (TPSA) is 119 Å². The van der Waals surface area contributed by atoms with Gasteiger partial charge < -0.3 is 20.9 Å². The van der Waals surface area contributed by atoms with E-state index in [1.54, 1.807) is 31.2 Å². The quantitative estimate of drug-likeness (QED) is 0.338. The number of H-pyrrole nitrogens is 1. The van der Waals surface area contributed by atoms with Crippen LogP contribution in [0.4, 0.5) is 17.1 Å². The second-order valence-electron chi connectivity index (χ2n) is 8.15. The third kappa shape index (κ3) is 5.87. The molecule has 1 atom stereocenters. The van der Waals surface area contributed by atoms with Crippen molar-refractivity contribution in [1.29, 1.82) is 0 Å². The first-order valence-corrected chi connectivity index (χ1v) is 12.0. The third-order valence-corrected chi connectivity index (χ3v) is 6.28. The van der Waals surface area contributed by atoms with E-state index in [4.69, 9.17) is 23.2 Å². The highest BCUT2D eigenvalue weighted by Crippen LogP contribution is 2.26. The molecule has 0 aliphatic carbocycles. The van der Waals surface area contributed by atoms with E-state index in [-0.39, 0.29) is 44.8 Å². The van der Waals surface area contributed by atoms with Crippen LogP contribution in [0.25, 0.3) is 0 Å². The number of carbonyl (C=O) groups excluding carboxylic acids is 3. The lowest BCUT2D eigenvalue weighted by atomic mass is 10.2. The van der Waals surface area contributed by atoms with Crippen LogP contribution in [-0.4, -0.2) is 47.1 Å². The molecule has 0 bridgehead atoms. The monoisotopic (exact) mass is 526 g/mol. The van der Waals surface area contributed by atoms with Gasteiger partial charge in [0.25, 0.3) is 11.8 Å². The number of anilines is 3. The smallest absolute Gasteiger partial charge is 0.271 e. The minimum Gasteiger partial charge on any atom is -0.369 e. The molecule has 0 saturated carbocycles. The zero-order valence-electron chi connectivity index (χ0n) is 19.3. The standard InChI is InChI=1S/C25H24Cl2N6O3/c1-2-4-21(34)29-15-7-9-17(10-8-15)33-12-11-16(14-33)30-25(36)23-20(13-28-32-23)31-24(35)22-18(26)5-3-6-19(22)27/h2-10,13,16H,11-12,14H2,1H3,(H,28,32)(H,29,34)(H,30,36)(H,31,35)/t16-/m1/s1. The molecule has 0 spiro atoms. The Labute approximate surface area is 217 Å². The molecule has 0 radical (unpaired) electrons. The van der Waals surface area contributed by atoms with Crippen molar-refractivity contribution in [3.05, 3.63) is 82.1 Å². The van der Waals surface area contributed by atoms with Crippen LogP contribution in [0.3, 0.4) is 0 Å². The van der Waals surface area contributed by atoms with E-state index in [0.29, 0.717) is 12.2 Å². The highest BCUT2D eigenvalue weighted by molar-refractivity contribution is 6.40. The molecule has 1 aliphatic heterocycles. The van der Waals surface area contributed by atoms with Crippen molar-refractivity contribution in [2.24, 2.45) is 0 Å². The number of benzene rings is 2. The minimum absolute atomic E-state index is 0.101. The Morgan fingerprint density at radius 2 is 1.78 bits per heavy atom. The van der Waals surface area contributed by atoms with Crippen molar-refractivity contribution in [1.82, 2.24) is 15.5 Å². The van der Waals surface area contributed by atoms with E-state index in [9.17, 15) is 14.4 Å². The molecule has 36 heavy (non-hydrogen) atoms. The van der Waals surface area contributed by atoms with Gasteiger partial charge in [0.2, 0.25) is 5.91 Å². The molecule has 3 aromatic rings. The van der Waals surface area contributed by atoms with Crippen molar-refractivity contribution in [2.45, 2.75) is 19.4 Å². The summed E-state index contributed by atoms with van der Waals surface area (Å²) in [6, 6.07) is 12.2. The molecular weight excluding hydrogens is 503 g/mol. The van der Waals surface area contributed by atoms with Gasteiger partial charge in [-0.05, 0) is 55.8 Å². The van der Waals surface area contributed by atoms with Gasteiger partial charge in [0.05, 0.1) is 27.5 Å². The number of nitrogens with zero attached hydrogens (tertiary/aromatic N) is 2. The van der Waals surface area contributed by atoms with Crippen molar-refractivity contribution in [2.75, 3.05) is 28.6 Å². The molecule has 1 fully saturated rings. The number of hydrogen-bond donors (Lipinski definition) is 4. The first-order valence-electron chi connectivity index (χ1n) is 11.2. The lowest BCUT2D eigenvalue weighted by Crippen LogP contribution is -2.37. The second kappa shape index (κ2) is 11.3. The average molecular weight is 527 g/mol. The number of aromatic nitrogens is 2. The second-order valence-corrected chi connectivity index (χ2v) is 8.97. The molecule has 2 aromatic carbocycles. The molecular formula is C25H24Cl2N6O3. The van der Waals surface area contributed by atoms with Crippen LogP contribution < -0.4 is 20.9 Å². The van der Waals surface area contributed by atoms with Gasteiger partial charge in [-0.15, -0.1) is 0 Å². The van der Waals surface area contributed by atoms with Gasteiger partial charge in [-0.25, -0.2) is 0 Å². The average Bonchev–Trinajstić information content (AvgIpc) is 3.49. The number of hydrogen-bond acceptors (Lipinski definition) is 5. The molecule has 2 heterocycles. The van der Waals surface area contributed by atoms with Gasteiger partial charge >= 0.3 is 0 Å². The lowest BCUT2D eigenvalue weighted by Gasteiger charge is -2.19. The Balaban J connectivity index is 1.35. The summed E-state index contributed by atoms with van der Waals surface area (Å²) in [7, 11) is 0. The number of rotatable bonds is 7. The van der Waals surface area contributed by atoms with E-state index in [1.165, 1.54) is 12.3 Å². The lowest BCUT2D eigenvalue weighted by molar-refractivity contribution is -0.111. The summed E-state index contributed by atoms with van der Waals surface area (Å²) < 4.78 is 0. The fourth-order valence-electron chi connectivity index (χ4n) is 3.91.